The number of aromatic nitrogens is 1. The molecule has 2 nitrogen and oxygen atoms in total. The van der Waals surface area contributed by atoms with Crippen LogP contribution in [0.15, 0.2) is 60.9 Å². The van der Waals surface area contributed by atoms with E-state index in [2.05, 4.69) is 10.3 Å². The van der Waals surface area contributed by atoms with Crippen LogP contribution in [0.4, 0.5) is 26.3 Å². The molecule has 1 heterocycles. The molecule has 0 amide bonds. The molecule has 0 atom stereocenters. The Morgan fingerprint density at radius 3 is 2.10 bits per heavy atom. The smallest absolute Gasteiger partial charge is 0.312 e. The van der Waals surface area contributed by atoms with E-state index in [9.17, 15) is 26.3 Å². The van der Waals surface area contributed by atoms with Crippen LogP contribution in [-0.2, 0) is 25.3 Å². The molecule has 164 valence electrons. The zero-order chi connectivity index (χ0) is 22.6. The van der Waals surface area contributed by atoms with E-state index in [1.807, 2.05) is 37.3 Å². The molecule has 2 aromatic carbocycles. The van der Waals surface area contributed by atoms with E-state index in [4.69, 9.17) is 0 Å². The van der Waals surface area contributed by atoms with E-state index in [0.717, 1.165) is 34.4 Å². The van der Waals surface area contributed by atoms with Crippen LogP contribution in [0.2, 0.25) is 0 Å². The normalized spacial score (nSPS) is 12.2. The van der Waals surface area contributed by atoms with Crippen LogP contribution in [0.5, 0.6) is 0 Å². The first-order chi connectivity index (χ1) is 14.6. The second-order valence-electron chi connectivity index (χ2n) is 7.19. The predicted molar refractivity (Wildman–Crippen MR) is 106 cm³/mol. The first kappa shape index (κ1) is 22.8. The second-order valence-corrected chi connectivity index (χ2v) is 7.19. The highest BCUT2D eigenvalue weighted by Crippen LogP contribution is 2.36. The molecule has 0 unspecified atom stereocenters. The van der Waals surface area contributed by atoms with Gasteiger partial charge >= 0.3 is 12.4 Å². The van der Waals surface area contributed by atoms with Crippen LogP contribution in [-0.4, -0.2) is 11.5 Å². The van der Waals surface area contributed by atoms with Crippen molar-refractivity contribution in [3.63, 3.8) is 0 Å². The molecule has 0 radical (unpaired) electrons. The third-order valence-electron chi connectivity index (χ3n) is 4.89. The zero-order valence-electron chi connectivity index (χ0n) is 16.6. The summed E-state index contributed by atoms with van der Waals surface area (Å²) >= 11 is 0. The lowest BCUT2D eigenvalue weighted by Gasteiger charge is -2.15. The fourth-order valence-electron chi connectivity index (χ4n) is 3.33. The highest BCUT2D eigenvalue weighted by atomic mass is 19.4. The minimum absolute atomic E-state index is 0.0208. The van der Waals surface area contributed by atoms with Crippen LogP contribution >= 0.6 is 0 Å². The Morgan fingerprint density at radius 2 is 1.48 bits per heavy atom. The lowest BCUT2D eigenvalue weighted by molar-refractivity contribution is -0.143. The number of benzene rings is 2. The van der Waals surface area contributed by atoms with Crippen molar-refractivity contribution in [3.05, 3.63) is 88.7 Å². The number of aryl methyl sites for hydroxylation is 1. The van der Waals surface area contributed by atoms with Crippen molar-refractivity contribution >= 4 is 0 Å². The molecule has 31 heavy (non-hydrogen) atoms. The van der Waals surface area contributed by atoms with Crippen LogP contribution in [0, 0.1) is 6.92 Å². The lowest BCUT2D eigenvalue weighted by atomic mass is 9.97. The summed E-state index contributed by atoms with van der Waals surface area (Å²) in [6.07, 6.45) is -6.30. The molecule has 0 bridgehead atoms. The number of nitrogens with zero attached hydrogens (tertiary/aromatic N) is 1. The van der Waals surface area contributed by atoms with Crippen molar-refractivity contribution < 1.29 is 26.3 Å². The molecular weight excluding hydrogens is 418 g/mol. The highest BCUT2D eigenvalue weighted by Gasteiger charge is 2.36. The van der Waals surface area contributed by atoms with E-state index in [0.29, 0.717) is 6.54 Å². The monoisotopic (exact) mass is 438 g/mol. The quantitative estimate of drug-likeness (QED) is 0.355. The Bertz CT molecular complexity index is 1010. The number of halogens is 6. The molecule has 1 N–H and O–H groups in total. The molecule has 1 aromatic heterocycles. The van der Waals surface area contributed by atoms with Crippen LogP contribution in [0.25, 0.3) is 11.1 Å². The molecule has 0 saturated carbocycles. The number of rotatable bonds is 6. The van der Waals surface area contributed by atoms with Gasteiger partial charge in [-0.05, 0) is 72.0 Å². The summed E-state index contributed by atoms with van der Waals surface area (Å²) in [5, 5.41) is 3.09. The summed E-state index contributed by atoms with van der Waals surface area (Å²) in [5.74, 6) is 0. The Kier molecular flexibility index (Phi) is 6.69. The van der Waals surface area contributed by atoms with Crippen LogP contribution in [0.1, 0.15) is 27.8 Å². The van der Waals surface area contributed by atoms with Crippen molar-refractivity contribution in [2.24, 2.45) is 0 Å². The summed E-state index contributed by atoms with van der Waals surface area (Å²) in [6, 6.07) is 11.4. The maximum absolute atomic E-state index is 13.0. The average Bonchev–Trinajstić information content (AvgIpc) is 2.70. The summed E-state index contributed by atoms with van der Waals surface area (Å²) in [5.41, 5.74) is 1.35. The Hall–Kier alpha value is -2.87. The maximum Gasteiger partial charge on any atom is 0.416 e. The van der Waals surface area contributed by atoms with Gasteiger partial charge in [-0.2, -0.15) is 26.3 Å². The van der Waals surface area contributed by atoms with E-state index >= 15 is 0 Å². The van der Waals surface area contributed by atoms with Gasteiger partial charge in [0.05, 0.1) is 11.1 Å². The van der Waals surface area contributed by atoms with Crippen molar-refractivity contribution in [1.29, 1.82) is 0 Å². The van der Waals surface area contributed by atoms with Crippen LogP contribution < -0.4 is 5.32 Å². The molecule has 0 fully saturated rings. The van der Waals surface area contributed by atoms with Crippen molar-refractivity contribution in [1.82, 2.24) is 10.3 Å². The van der Waals surface area contributed by atoms with E-state index in [-0.39, 0.29) is 24.6 Å². The van der Waals surface area contributed by atoms with E-state index in [1.165, 1.54) is 0 Å². The SMILES string of the molecule is Cc1ccccc1-c1ccncc1CNCCc1cc(C(F)(F)F)cc(C(F)(F)F)c1. The minimum Gasteiger partial charge on any atom is -0.312 e. The summed E-state index contributed by atoms with van der Waals surface area (Å²) < 4.78 is 78.0. The molecule has 0 saturated heterocycles. The molecule has 0 spiro atoms. The van der Waals surface area contributed by atoms with Gasteiger partial charge in [0.15, 0.2) is 0 Å². The summed E-state index contributed by atoms with van der Waals surface area (Å²) in [4.78, 5) is 4.12. The molecule has 8 heteroatoms. The Morgan fingerprint density at radius 1 is 0.839 bits per heavy atom. The van der Waals surface area contributed by atoms with Crippen molar-refractivity contribution in [2.45, 2.75) is 32.2 Å². The zero-order valence-corrected chi connectivity index (χ0v) is 16.6. The van der Waals surface area contributed by atoms with Gasteiger partial charge in [0.2, 0.25) is 0 Å². The van der Waals surface area contributed by atoms with Gasteiger partial charge in [-0.25, -0.2) is 0 Å². The van der Waals surface area contributed by atoms with Gasteiger partial charge in [-0.1, -0.05) is 24.3 Å². The topological polar surface area (TPSA) is 24.9 Å². The molecule has 0 aliphatic carbocycles. The fraction of sp³-hybridized carbons (Fsp3) is 0.261. The second kappa shape index (κ2) is 9.09. The predicted octanol–water partition coefficient (Wildman–Crippen LogP) is 6.43. The third-order valence-corrected chi connectivity index (χ3v) is 4.89. The summed E-state index contributed by atoms with van der Waals surface area (Å²) in [7, 11) is 0. The molecule has 3 rings (SSSR count). The largest absolute Gasteiger partial charge is 0.416 e. The van der Waals surface area contributed by atoms with Gasteiger partial charge in [-0.15, -0.1) is 0 Å². The van der Waals surface area contributed by atoms with Crippen molar-refractivity contribution in [3.8, 4) is 11.1 Å². The first-order valence-electron chi connectivity index (χ1n) is 9.53. The standard InChI is InChI=1S/C23H20F6N2/c1-15-4-2-3-5-20(15)21-7-9-31-14-17(21)13-30-8-6-16-10-18(22(24,25)26)12-19(11-16)23(27,28)29/h2-5,7,9-12,14,30H,6,8,13H2,1H3. The van der Waals surface area contributed by atoms with Crippen molar-refractivity contribution in [2.75, 3.05) is 6.54 Å². The maximum atomic E-state index is 13.0. The third kappa shape index (κ3) is 5.85. The van der Waals surface area contributed by atoms with Crippen LogP contribution in [0.3, 0.4) is 0 Å². The average molecular weight is 438 g/mol. The lowest BCUT2D eigenvalue weighted by Crippen LogP contribution is -2.18. The highest BCUT2D eigenvalue weighted by molar-refractivity contribution is 5.69. The minimum atomic E-state index is -4.85. The molecule has 0 aliphatic rings. The Balaban J connectivity index is 1.72. The van der Waals surface area contributed by atoms with Gasteiger partial charge < -0.3 is 5.32 Å². The Labute approximate surface area is 175 Å². The number of alkyl halides is 6. The van der Waals surface area contributed by atoms with Gasteiger partial charge in [-0.3, -0.25) is 4.98 Å². The van der Waals surface area contributed by atoms with Gasteiger partial charge in [0.1, 0.15) is 0 Å². The number of hydrogen-bond donors (Lipinski definition) is 1. The van der Waals surface area contributed by atoms with Gasteiger partial charge in [0.25, 0.3) is 0 Å². The molecule has 0 aliphatic heterocycles. The number of pyridine rings is 1. The van der Waals surface area contributed by atoms with E-state index < -0.39 is 23.5 Å². The fourth-order valence-corrected chi connectivity index (χ4v) is 3.33. The number of nitrogens with one attached hydrogen (secondary N) is 1. The van der Waals surface area contributed by atoms with Gasteiger partial charge in [0, 0.05) is 18.9 Å². The first-order valence-corrected chi connectivity index (χ1v) is 9.53. The molecule has 3 aromatic rings. The van der Waals surface area contributed by atoms with E-state index in [1.54, 1.807) is 12.4 Å². The summed E-state index contributed by atoms with van der Waals surface area (Å²) in [6.45, 7) is 2.57. The number of hydrogen-bond acceptors (Lipinski definition) is 2. The molecular formula is C23H20F6N2.